The molecule has 2 rings (SSSR count). The minimum Gasteiger partial charge on any atom is -0.324 e. The molecule has 17 heavy (non-hydrogen) atoms. The van der Waals surface area contributed by atoms with Crippen LogP contribution in [0.5, 0.6) is 0 Å². The van der Waals surface area contributed by atoms with Gasteiger partial charge in [-0.05, 0) is 27.7 Å². The van der Waals surface area contributed by atoms with Crippen molar-refractivity contribution in [1.82, 2.24) is 19.5 Å². The maximum absolute atomic E-state index is 11.7. The number of aryl methyl sites for hydroxylation is 1. The number of aromatic nitrogens is 4. The van der Waals surface area contributed by atoms with Crippen LogP contribution in [-0.4, -0.2) is 19.5 Å². The van der Waals surface area contributed by atoms with E-state index >= 15 is 0 Å². The van der Waals surface area contributed by atoms with Crippen LogP contribution in [0.4, 0.5) is 0 Å². The van der Waals surface area contributed by atoms with Crippen LogP contribution in [0, 0.1) is 13.8 Å². The molecular formula is C11H14N4O2. The van der Waals surface area contributed by atoms with Gasteiger partial charge in [-0.2, -0.15) is 4.98 Å². The van der Waals surface area contributed by atoms with Gasteiger partial charge in [0, 0.05) is 11.7 Å². The van der Waals surface area contributed by atoms with Gasteiger partial charge in [0.25, 0.3) is 5.56 Å². The van der Waals surface area contributed by atoms with E-state index in [0.29, 0.717) is 5.82 Å². The average molecular weight is 234 g/mol. The van der Waals surface area contributed by atoms with Crippen molar-refractivity contribution in [2.45, 2.75) is 33.7 Å². The van der Waals surface area contributed by atoms with E-state index in [2.05, 4.69) is 15.0 Å². The number of nitrogens with zero attached hydrogens (tertiary/aromatic N) is 3. The summed E-state index contributed by atoms with van der Waals surface area (Å²) in [6, 6.07) is 0.105. The van der Waals surface area contributed by atoms with Crippen LogP contribution in [0.3, 0.4) is 0 Å². The van der Waals surface area contributed by atoms with Crippen LogP contribution in [0.15, 0.2) is 9.59 Å². The minimum absolute atomic E-state index is 0.105. The molecule has 0 amide bonds. The molecule has 0 aliphatic carbocycles. The smallest absolute Gasteiger partial charge is 0.324 e. The highest BCUT2D eigenvalue weighted by atomic mass is 16.2. The fourth-order valence-corrected chi connectivity index (χ4v) is 1.92. The van der Waals surface area contributed by atoms with Crippen molar-refractivity contribution >= 4 is 0 Å². The second kappa shape index (κ2) is 3.80. The van der Waals surface area contributed by atoms with Crippen molar-refractivity contribution in [3.05, 3.63) is 32.2 Å². The molecule has 0 saturated carbocycles. The Balaban J connectivity index is 3.01. The molecular weight excluding hydrogens is 220 g/mol. The van der Waals surface area contributed by atoms with Crippen molar-refractivity contribution in [3.8, 4) is 11.5 Å². The van der Waals surface area contributed by atoms with Crippen LogP contribution in [0.1, 0.15) is 31.3 Å². The molecule has 0 radical (unpaired) electrons. The molecule has 2 aliphatic heterocycles. The maximum Gasteiger partial charge on any atom is 0.349 e. The minimum atomic E-state index is -0.637. The Hall–Kier alpha value is -1.98. The van der Waals surface area contributed by atoms with Crippen LogP contribution >= 0.6 is 0 Å². The van der Waals surface area contributed by atoms with Gasteiger partial charge in [-0.3, -0.25) is 9.78 Å². The van der Waals surface area contributed by atoms with Crippen molar-refractivity contribution < 1.29 is 0 Å². The monoisotopic (exact) mass is 234 g/mol. The summed E-state index contributed by atoms with van der Waals surface area (Å²) in [5.74, 6) is 0.344. The fourth-order valence-electron chi connectivity index (χ4n) is 1.92. The molecule has 2 heterocycles. The predicted octanol–water partition coefficient (Wildman–Crippen LogP) is 0.629. The van der Waals surface area contributed by atoms with Gasteiger partial charge >= 0.3 is 5.69 Å². The summed E-state index contributed by atoms with van der Waals surface area (Å²) >= 11 is 0. The molecule has 0 aromatic carbocycles. The molecule has 0 fully saturated rings. The summed E-state index contributed by atoms with van der Waals surface area (Å²) in [4.78, 5) is 33.1. The third-order valence-corrected chi connectivity index (χ3v) is 2.76. The van der Waals surface area contributed by atoms with Gasteiger partial charge in [-0.1, -0.05) is 0 Å². The highest BCUT2D eigenvalue weighted by Gasteiger charge is 2.19. The summed E-state index contributed by atoms with van der Waals surface area (Å²) in [5.41, 5.74) is 0.753. The van der Waals surface area contributed by atoms with E-state index in [4.69, 9.17) is 0 Å². The van der Waals surface area contributed by atoms with E-state index in [9.17, 15) is 9.59 Å². The van der Waals surface area contributed by atoms with Gasteiger partial charge in [-0.25, -0.2) is 9.78 Å². The van der Waals surface area contributed by atoms with Gasteiger partial charge < -0.3 is 4.57 Å². The van der Waals surface area contributed by atoms with Crippen LogP contribution in [0.2, 0.25) is 0 Å². The molecule has 6 nitrogen and oxygen atoms in total. The molecule has 0 spiro atoms. The standard InChI is InChI=1S/C11H14N4O2/c1-5(2)15-7(4)6(3)12-8-9(15)13-11(17)14-10(8)16/h5H,1-4H3,(H,14,16,17). The Morgan fingerprint density at radius 2 is 1.82 bits per heavy atom. The first-order valence-electron chi connectivity index (χ1n) is 5.41. The lowest BCUT2D eigenvalue weighted by Gasteiger charge is -2.21. The van der Waals surface area contributed by atoms with Crippen LogP contribution in [-0.2, 0) is 0 Å². The second-order valence-electron chi connectivity index (χ2n) is 4.29. The van der Waals surface area contributed by atoms with Gasteiger partial charge in [0.15, 0.2) is 11.5 Å². The zero-order chi connectivity index (χ0) is 12.7. The molecule has 0 bridgehead atoms. The van der Waals surface area contributed by atoms with Crippen molar-refractivity contribution in [2.24, 2.45) is 0 Å². The van der Waals surface area contributed by atoms with Crippen molar-refractivity contribution in [2.75, 3.05) is 0 Å². The first kappa shape index (κ1) is 11.5. The topological polar surface area (TPSA) is 80.6 Å². The Morgan fingerprint density at radius 3 is 2.41 bits per heavy atom. The summed E-state index contributed by atoms with van der Waals surface area (Å²) < 4.78 is 1.86. The average Bonchev–Trinajstić information content (AvgIpc) is 2.20. The second-order valence-corrected chi connectivity index (χ2v) is 4.29. The lowest BCUT2D eigenvalue weighted by molar-refractivity contribution is 0.567. The molecule has 0 aromatic rings. The van der Waals surface area contributed by atoms with Gasteiger partial charge in [0.1, 0.15) is 0 Å². The summed E-state index contributed by atoms with van der Waals surface area (Å²) in [6.45, 7) is 7.67. The van der Waals surface area contributed by atoms with E-state index in [-0.39, 0.29) is 11.7 Å². The maximum atomic E-state index is 11.7. The molecule has 0 saturated heterocycles. The van der Waals surface area contributed by atoms with Crippen molar-refractivity contribution in [1.29, 1.82) is 0 Å². The Morgan fingerprint density at radius 1 is 1.18 bits per heavy atom. The number of aromatic amines is 1. The largest absolute Gasteiger partial charge is 0.349 e. The molecule has 1 N–H and O–H groups in total. The molecule has 90 valence electrons. The molecule has 0 aromatic heterocycles. The number of nitrogens with one attached hydrogen (secondary N) is 1. The third kappa shape index (κ3) is 1.75. The third-order valence-electron chi connectivity index (χ3n) is 2.76. The lowest BCUT2D eigenvalue weighted by Crippen LogP contribution is -2.30. The SMILES string of the molecule is Cc1nc2c(=O)[nH]c(=O)nc-2n(C(C)C)c1C. The number of rotatable bonds is 1. The highest BCUT2D eigenvalue weighted by molar-refractivity contribution is 5.50. The first-order valence-corrected chi connectivity index (χ1v) is 5.41. The van der Waals surface area contributed by atoms with Gasteiger partial charge in [-0.15, -0.1) is 0 Å². The number of H-pyrrole nitrogens is 1. The molecule has 6 heteroatoms. The summed E-state index contributed by atoms with van der Waals surface area (Å²) in [6.07, 6.45) is 0. The van der Waals surface area contributed by atoms with Crippen LogP contribution in [0.25, 0.3) is 11.5 Å². The van der Waals surface area contributed by atoms with Crippen molar-refractivity contribution in [3.63, 3.8) is 0 Å². The van der Waals surface area contributed by atoms with E-state index in [0.717, 1.165) is 11.4 Å². The first-order chi connectivity index (χ1) is 7.91. The van der Waals surface area contributed by atoms with E-state index in [1.807, 2.05) is 32.3 Å². The molecule has 0 unspecified atom stereocenters. The predicted molar refractivity (Wildman–Crippen MR) is 63.4 cm³/mol. The Labute approximate surface area is 97.7 Å². The normalized spacial score (nSPS) is 11.4. The van der Waals surface area contributed by atoms with Gasteiger partial charge in [0.2, 0.25) is 0 Å². The zero-order valence-electron chi connectivity index (χ0n) is 10.2. The number of fused-ring (bicyclic) bond motifs is 1. The van der Waals surface area contributed by atoms with E-state index in [1.165, 1.54) is 0 Å². The van der Waals surface area contributed by atoms with E-state index < -0.39 is 11.2 Å². The number of hydrogen-bond acceptors (Lipinski definition) is 4. The number of hydrogen-bond donors (Lipinski definition) is 1. The van der Waals surface area contributed by atoms with E-state index in [1.54, 1.807) is 0 Å². The summed E-state index contributed by atoms with van der Waals surface area (Å²) in [5, 5.41) is 0. The quantitative estimate of drug-likeness (QED) is 0.784. The molecule has 0 atom stereocenters. The zero-order valence-corrected chi connectivity index (χ0v) is 10.2. The lowest BCUT2D eigenvalue weighted by atomic mass is 10.2. The summed E-state index contributed by atoms with van der Waals surface area (Å²) in [7, 11) is 0. The Kier molecular flexibility index (Phi) is 2.57. The Bertz CT molecular complexity index is 654. The van der Waals surface area contributed by atoms with Crippen LogP contribution < -0.4 is 11.2 Å². The fraction of sp³-hybridized carbons (Fsp3) is 0.455. The highest BCUT2D eigenvalue weighted by Crippen LogP contribution is 2.20. The van der Waals surface area contributed by atoms with Gasteiger partial charge in [0.05, 0.1) is 5.69 Å². The molecule has 2 aliphatic rings.